The smallest absolute Gasteiger partial charge is 0.207 e. The van der Waals surface area contributed by atoms with E-state index in [1.807, 2.05) is 43.3 Å². The Morgan fingerprint density at radius 2 is 1.65 bits per heavy atom. The fourth-order valence-electron chi connectivity index (χ4n) is 4.93. The van der Waals surface area contributed by atoms with Gasteiger partial charge in [-0.05, 0) is 59.0 Å². The first kappa shape index (κ1) is 22.9. The third kappa shape index (κ3) is 3.97. The molecule has 0 bridgehead atoms. The zero-order valence-corrected chi connectivity index (χ0v) is 21.4. The molecule has 1 aliphatic heterocycles. The van der Waals surface area contributed by atoms with E-state index >= 15 is 0 Å². The van der Waals surface area contributed by atoms with Gasteiger partial charge >= 0.3 is 0 Å². The van der Waals surface area contributed by atoms with Crippen LogP contribution in [0.5, 0.6) is 0 Å². The summed E-state index contributed by atoms with van der Waals surface area (Å²) in [6, 6.07) is 24.9. The highest BCUT2D eigenvalue weighted by Crippen LogP contribution is 2.44. The molecule has 0 aromatic heterocycles. The summed E-state index contributed by atoms with van der Waals surface area (Å²) in [5.41, 5.74) is 4.84. The van der Waals surface area contributed by atoms with Crippen molar-refractivity contribution in [1.82, 2.24) is 0 Å². The maximum Gasteiger partial charge on any atom is 0.207 e. The van der Waals surface area contributed by atoms with Crippen LogP contribution in [0.15, 0.2) is 101 Å². The molecule has 0 saturated carbocycles. The van der Waals surface area contributed by atoms with Gasteiger partial charge in [0, 0.05) is 29.7 Å². The summed E-state index contributed by atoms with van der Waals surface area (Å²) in [5, 5.41) is 2.69. The molecule has 1 aliphatic rings. The average Bonchev–Trinajstić information content (AvgIpc) is 2.88. The molecular weight excluding hydrogens is 506 g/mol. The monoisotopic (exact) mass is 531 g/mol. The fraction of sp³-hybridized carbons (Fsp3) is 0.172. The Kier molecular flexibility index (Phi) is 6.32. The van der Waals surface area contributed by atoms with E-state index in [1.165, 1.54) is 0 Å². The van der Waals surface area contributed by atoms with Crippen LogP contribution >= 0.6 is 15.9 Å². The predicted octanol–water partition coefficient (Wildman–Crippen LogP) is 7.31. The van der Waals surface area contributed by atoms with Gasteiger partial charge < -0.3 is 4.90 Å². The molecule has 4 aromatic rings. The molecule has 4 aromatic carbocycles. The Labute approximate surface area is 209 Å². The Hall–Kier alpha value is -2.89. The van der Waals surface area contributed by atoms with Crippen molar-refractivity contribution in [2.45, 2.75) is 28.5 Å². The number of hydrogen-bond donors (Lipinski definition) is 0. The minimum absolute atomic E-state index is 0.310. The van der Waals surface area contributed by atoms with E-state index < -0.39 is 9.84 Å². The molecule has 172 valence electrons. The van der Waals surface area contributed by atoms with Gasteiger partial charge in [0.1, 0.15) is 0 Å². The molecular formula is C29H26BrNO2S. The summed E-state index contributed by atoms with van der Waals surface area (Å²) in [7, 11) is -3.74. The minimum atomic E-state index is -3.74. The number of hydrogen-bond acceptors (Lipinski definition) is 3. The van der Waals surface area contributed by atoms with Crippen LogP contribution in [0.3, 0.4) is 0 Å². The van der Waals surface area contributed by atoms with Crippen molar-refractivity contribution < 1.29 is 8.42 Å². The van der Waals surface area contributed by atoms with E-state index in [4.69, 9.17) is 0 Å². The van der Waals surface area contributed by atoms with Crippen LogP contribution in [0.4, 0.5) is 5.69 Å². The van der Waals surface area contributed by atoms with Gasteiger partial charge in [0.2, 0.25) is 9.84 Å². The highest BCUT2D eigenvalue weighted by atomic mass is 79.9. The van der Waals surface area contributed by atoms with Crippen molar-refractivity contribution in [3.8, 4) is 11.1 Å². The second kappa shape index (κ2) is 9.40. The minimum Gasteiger partial charge on any atom is -0.367 e. The Morgan fingerprint density at radius 1 is 0.912 bits per heavy atom. The van der Waals surface area contributed by atoms with E-state index in [9.17, 15) is 8.42 Å². The Bertz CT molecular complexity index is 1490. The second-order valence-electron chi connectivity index (χ2n) is 8.58. The van der Waals surface area contributed by atoms with Crippen molar-refractivity contribution >= 4 is 42.2 Å². The maximum atomic E-state index is 14.0. The summed E-state index contributed by atoms with van der Waals surface area (Å²) in [6.07, 6.45) is 5.38. The molecule has 34 heavy (non-hydrogen) atoms. The summed E-state index contributed by atoms with van der Waals surface area (Å²) in [5.74, 6) is 0. The molecule has 1 heterocycles. The number of anilines is 1. The van der Waals surface area contributed by atoms with E-state index in [2.05, 4.69) is 51.2 Å². The van der Waals surface area contributed by atoms with Crippen molar-refractivity contribution in [3.63, 3.8) is 0 Å². The van der Waals surface area contributed by atoms with Crippen LogP contribution in [-0.2, 0) is 15.2 Å². The largest absolute Gasteiger partial charge is 0.367 e. The predicted molar refractivity (Wildman–Crippen MR) is 145 cm³/mol. The zero-order chi connectivity index (χ0) is 23.7. The lowest BCUT2D eigenvalue weighted by Crippen LogP contribution is -2.29. The summed E-state index contributed by atoms with van der Waals surface area (Å²) in [6.45, 7) is 3.76. The van der Waals surface area contributed by atoms with Gasteiger partial charge in [0.25, 0.3) is 0 Å². The number of aryl methyl sites for hydroxylation is 1. The average molecular weight is 533 g/mol. The van der Waals surface area contributed by atoms with Crippen LogP contribution in [-0.4, -0.2) is 21.5 Å². The van der Waals surface area contributed by atoms with E-state index in [1.54, 1.807) is 24.3 Å². The van der Waals surface area contributed by atoms with Crippen LogP contribution in [0.2, 0.25) is 0 Å². The van der Waals surface area contributed by atoms with Gasteiger partial charge in [-0.1, -0.05) is 88.7 Å². The fourth-order valence-corrected chi connectivity index (χ4v) is 7.08. The van der Waals surface area contributed by atoms with Crippen LogP contribution < -0.4 is 4.90 Å². The SMILES string of the molecule is Cc1cc(S(=O)(=O)c2ccccc2)c(-c2cccc3ccccc23)c(CBr)c1N1CC=CCC1. The second-order valence-corrected chi connectivity index (χ2v) is 11.1. The number of sulfone groups is 1. The number of nitrogens with zero attached hydrogens (tertiary/aromatic N) is 1. The normalized spacial score (nSPS) is 14.0. The first-order chi connectivity index (χ1) is 16.5. The molecule has 3 nitrogen and oxygen atoms in total. The summed E-state index contributed by atoms with van der Waals surface area (Å²) < 4.78 is 28.1. The number of benzene rings is 4. The first-order valence-electron chi connectivity index (χ1n) is 11.4. The van der Waals surface area contributed by atoms with E-state index in [0.717, 1.165) is 58.2 Å². The molecule has 0 aliphatic carbocycles. The third-order valence-electron chi connectivity index (χ3n) is 6.47. The molecule has 0 radical (unpaired) electrons. The third-order valence-corrected chi connectivity index (χ3v) is 8.82. The van der Waals surface area contributed by atoms with Gasteiger partial charge in [-0.3, -0.25) is 0 Å². The van der Waals surface area contributed by atoms with Gasteiger partial charge in [0.15, 0.2) is 0 Å². The molecule has 5 heteroatoms. The van der Waals surface area contributed by atoms with Crippen molar-refractivity contribution in [3.05, 3.63) is 102 Å². The topological polar surface area (TPSA) is 37.4 Å². The van der Waals surface area contributed by atoms with Crippen LogP contribution in [0, 0.1) is 6.92 Å². The summed E-state index contributed by atoms with van der Waals surface area (Å²) >= 11 is 3.74. The number of alkyl halides is 1. The molecule has 0 N–H and O–H groups in total. The Morgan fingerprint density at radius 3 is 2.38 bits per heavy atom. The van der Waals surface area contributed by atoms with Crippen LogP contribution in [0.25, 0.3) is 21.9 Å². The van der Waals surface area contributed by atoms with Gasteiger partial charge in [-0.25, -0.2) is 8.42 Å². The van der Waals surface area contributed by atoms with Crippen LogP contribution in [0.1, 0.15) is 17.5 Å². The molecule has 0 atom stereocenters. The van der Waals surface area contributed by atoms with Crippen molar-refractivity contribution in [2.24, 2.45) is 0 Å². The number of halogens is 1. The maximum absolute atomic E-state index is 14.0. The zero-order valence-electron chi connectivity index (χ0n) is 19.0. The van der Waals surface area contributed by atoms with Gasteiger partial charge in [-0.2, -0.15) is 0 Å². The van der Waals surface area contributed by atoms with E-state index in [-0.39, 0.29) is 0 Å². The lowest BCUT2D eigenvalue weighted by molar-refractivity contribution is 0.596. The molecule has 0 amide bonds. The van der Waals surface area contributed by atoms with Crippen molar-refractivity contribution in [1.29, 1.82) is 0 Å². The number of fused-ring (bicyclic) bond motifs is 1. The van der Waals surface area contributed by atoms with Gasteiger partial charge in [-0.15, -0.1) is 0 Å². The van der Waals surface area contributed by atoms with E-state index in [0.29, 0.717) is 15.1 Å². The highest BCUT2D eigenvalue weighted by Gasteiger charge is 2.29. The van der Waals surface area contributed by atoms with Crippen molar-refractivity contribution in [2.75, 3.05) is 18.0 Å². The standard InChI is InChI=1S/C29H26BrNO2S/c1-21-19-27(34(32,33)23-13-4-2-5-14-23)28(25-16-10-12-22-11-6-7-15-24(22)25)26(20-30)29(21)31-17-8-3-9-18-31/h2-8,10-16,19H,9,17-18,20H2,1H3. The summed E-state index contributed by atoms with van der Waals surface area (Å²) in [4.78, 5) is 3.03. The molecule has 0 saturated heterocycles. The first-order valence-corrected chi connectivity index (χ1v) is 14.0. The lowest BCUT2D eigenvalue weighted by atomic mass is 9.92. The molecule has 0 unspecified atom stereocenters. The quantitative estimate of drug-likeness (QED) is 0.200. The lowest BCUT2D eigenvalue weighted by Gasteiger charge is -2.31. The molecule has 0 fully saturated rings. The molecule has 0 spiro atoms. The Balaban J connectivity index is 1.89. The highest BCUT2D eigenvalue weighted by molar-refractivity contribution is 9.08. The number of rotatable bonds is 5. The van der Waals surface area contributed by atoms with Gasteiger partial charge in [0.05, 0.1) is 9.79 Å². The molecule has 5 rings (SSSR count).